The number of likely N-dealkylation sites (tertiary alicyclic amines) is 1. The van der Waals surface area contributed by atoms with Gasteiger partial charge >= 0.3 is 0 Å². The lowest BCUT2D eigenvalue weighted by Gasteiger charge is -2.30. The average molecular weight is 319 g/mol. The Hall–Kier alpha value is -1.73. The van der Waals surface area contributed by atoms with Gasteiger partial charge in [-0.1, -0.05) is 19.0 Å². The van der Waals surface area contributed by atoms with Gasteiger partial charge in [-0.25, -0.2) is 0 Å². The normalized spacial score (nSPS) is 17.3. The molecule has 2 aromatic rings. The maximum Gasteiger partial charge on any atom is 0.158 e. The number of rotatable bonds is 5. The van der Waals surface area contributed by atoms with E-state index in [4.69, 9.17) is 4.52 Å². The lowest BCUT2D eigenvalue weighted by molar-refractivity contribution is 0.195. The minimum atomic E-state index is -0.0628. The fourth-order valence-corrected chi connectivity index (χ4v) is 3.12. The van der Waals surface area contributed by atoms with Crippen molar-refractivity contribution in [2.75, 3.05) is 13.1 Å². The molecule has 0 aliphatic carbocycles. The van der Waals surface area contributed by atoms with Gasteiger partial charge in [0.1, 0.15) is 18.2 Å². The van der Waals surface area contributed by atoms with Crippen LogP contribution in [0.3, 0.4) is 0 Å². The second-order valence-corrected chi connectivity index (χ2v) is 6.62. The average Bonchev–Trinajstić information content (AvgIpc) is 3.15. The van der Waals surface area contributed by atoms with Crippen LogP contribution in [0.4, 0.5) is 0 Å². The van der Waals surface area contributed by atoms with Crippen molar-refractivity contribution < 1.29 is 9.63 Å². The van der Waals surface area contributed by atoms with E-state index in [0.717, 1.165) is 49.8 Å². The molecular formula is C16H25N5O2. The molecule has 0 bridgehead atoms. The van der Waals surface area contributed by atoms with Crippen molar-refractivity contribution in [1.82, 2.24) is 24.8 Å². The number of piperidine rings is 1. The van der Waals surface area contributed by atoms with Gasteiger partial charge in [0.15, 0.2) is 5.82 Å². The fourth-order valence-electron chi connectivity index (χ4n) is 3.12. The van der Waals surface area contributed by atoms with E-state index in [-0.39, 0.29) is 6.61 Å². The Labute approximate surface area is 136 Å². The van der Waals surface area contributed by atoms with Crippen molar-refractivity contribution in [3.63, 3.8) is 0 Å². The standard InChI is InChI=1S/C16H25N5O2/c1-11(2)14-8-13(19-23-14)9-21-6-4-12(5-7-21)16-18-17-15(10-22)20(16)3/h8,11-12,22H,4-7,9-10H2,1-3H3. The summed E-state index contributed by atoms with van der Waals surface area (Å²) in [6.45, 7) is 7.01. The van der Waals surface area contributed by atoms with Crippen molar-refractivity contribution in [2.45, 2.75) is 51.7 Å². The molecule has 1 saturated heterocycles. The molecule has 7 heteroatoms. The first-order valence-corrected chi connectivity index (χ1v) is 8.25. The minimum absolute atomic E-state index is 0.0628. The summed E-state index contributed by atoms with van der Waals surface area (Å²) in [5.74, 6) is 3.35. The molecule has 0 atom stereocenters. The highest BCUT2D eigenvalue weighted by molar-refractivity contribution is 5.09. The molecule has 126 valence electrons. The van der Waals surface area contributed by atoms with E-state index in [2.05, 4.69) is 40.2 Å². The van der Waals surface area contributed by atoms with E-state index >= 15 is 0 Å². The molecule has 1 fully saturated rings. The molecule has 7 nitrogen and oxygen atoms in total. The Bertz CT molecular complexity index is 641. The van der Waals surface area contributed by atoms with Gasteiger partial charge in [-0.15, -0.1) is 10.2 Å². The number of hydrogen-bond acceptors (Lipinski definition) is 6. The first-order valence-electron chi connectivity index (χ1n) is 8.25. The molecule has 0 unspecified atom stereocenters. The van der Waals surface area contributed by atoms with E-state index in [1.54, 1.807) is 0 Å². The summed E-state index contributed by atoms with van der Waals surface area (Å²) < 4.78 is 7.29. The monoisotopic (exact) mass is 319 g/mol. The summed E-state index contributed by atoms with van der Waals surface area (Å²) in [6.07, 6.45) is 2.10. The van der Waals surface area contributed by atoms with Gasteiger partial charge in [-0.3, -0.25) is 4.90 Å². The SMILES string of the molecule is CC(C)c1cc(CN2CCC(c3nnc(CO)n3C)CC2)no1. The molecule has 2 aromatic heterocycles. The second-order valence-electron chi connectivity index (χ2n) is 6.62. The van der Waals surface area contributed by atoms with Crippen molar-refractivity contribution in [3.05, 3.63) is 29.2 Å². The third-order valence-electron chi connectivity index (χ3n) is 4.62. The largest absolute Gasteiger partial charge is 0.388 e. The Balaban J connectivity index is 1.56. The van der Waals surface area contributed by atoms with Gasteiger partial charge in [-0.05, 0) is 25.9 Å². The highest BCUT2D eigenvalue weighted by atomic mass is 16.5. The van der Waals surface area contributed by atoms with Crippen molar-refractivity contribution in [3.8, 4) is 0 Å². The predicted molar refractivity (Wildman–Crippen MR) is 84.8 cm³/mol. The van der Waals surface area contributed by atoms with Crippen LogP contribution in [0.15, 0.2) is 10.6 Å². The summed E-state index contributed by atoms with van der Waals surface area (Å²) in [5, 5.41) is 21.7. The molecule has 1 aliphatic rings. The molecular weight excluding hydrogens is 294 g/mol. The molecule has 0 radical (unpaired) electrons. The van der Waals surface area contributed by atoms with E-state index < -0.39 is 0 Å². The lowest BCUT2D eigenvalue weighted by Crippen LogP contribution is -2.33. The molecule has 0 spiro atoms. The third kappa shape index (κ3) is 3.45. The van der Waals surface area contributed by atoms with Gasteiger partial charge in [0.2, 0.25) is 0 Å². The first kappa shape index (κ1) is 16.1. The van der Waals surface area contributed by atoms with Crippen LogP contribution in [0.5, 0.6) is 0 Å². The van der Waals surface area contributed by atoms with Crippen molar-refractivity contribution in [2.24, 2.45) is 7.05 Å². The van der Waals surface area contributed by atoms with Crippen LogP contribution in [0.2, 0.25) is 0 Å². The van der Waals surface area contributed by atoms with Gasteiger partial charge in [-0.2, -0.15) is 0 Å². The zero-order valence-corrected chi connectivity index (χ0v) is 14.1. The van der Waals surface area contributed by atoms with Crippen LogP contribution in [-0.2, 0) is 20.2 Å². The van der Waals surface area contributed by atoms with Crippen LogP contribution in [0, 0.1) is 0 Å². The van der Waals surface area contributed by atoms with E-state index in [1.807, 2.05) is 11.6 Å². The highest BCUT2D eigenvalue weighted by Gasteiger charge is 2.25. The molecule has 1 N–H and O–H groups in total. The van der Waals surface area contributed by atoms with E-state index in [9.17, 15) is 5.11 Å². The number of aromatic nitrogens is 4. The highest BCUT2D eigenvalue weighted by Crippen LogP contribution is 2.27. The Morgan fingerprint density at radius 3 is 2.61 bits per heavy atom. The zero-order chi connectivity index (χ0) is 16.4. The van der Waals surface area contributed by atoms with Crippen LogP contribution in [0.25, 0.3) is 0 Å². The van der Waals surface area contributed by atoms with Crippen LogP contribution in [0.1, 0.15) is 61.6 Å². The van der Waals surface area contributed by atoms with Crippen LogP contribution in [-0.4, -0.2) is 43.0 Å². The first-order chi connectivity index (χ1) is 11.1. The van der Waals surface area contributed by atoms with E-state index in [1.165, 1.54) is 0 Å². The second kappa shape index (κ2) is 6.80. The minimum Gasteiger partial charge on any atom is -0.388 e. The number of aliphatic hydroxyl groups excluding tert-OH is 1. The summed E-state index contributed by atoms with van der Waals surface area (Å²) in [6, 6.07) is 2.06. The van der Waals surface area contributed by atoms with Gasteiger partial charge in [0.05, 0.1) is 5.69 Å². The van der Waals surface area contributed by atoms with Crippen LogP contribution < -0.4 is 0 Å². The maximum absolute atomic E-state index is 9.23. The Kier molecular flexibility index (Phi) is 4.77. The Morgan fingerprint density at radius 2 is 2.04 bits per heavy atom. The summed E-state index contributed by atoms with van der Waals surface area (Å²) in [4.78, 5) is 2.40. The smallest absolute Gasteiger partial charge is 0.158 e. The molecule has 0 amide bonds. The quantitative estimate of drug-likeness (QED) is 0.905. The van der Waals surface area contributed by atoms with Crippen LogP contribution >= 0.6 is 0 Å². The summed E-state index contributed by atoms with van der Waals surface area (Å²) >= 11 is 0. The van der Waals surface area contributed by atoms with Crippen molar-refractivity contribution >= 4 is 0 Å². The van der Waals surface area contributed by atoms with Gasteiger partial charge in [0, 0.05) is 31.5 Å². The van der Waals surface area contributed by atoms with Gasteiger partial charge < -0.3 is 14.2 Å². The summed E-state index contributed by atoms with van der Waals surface area (Å²) in [5.41, 5.74) is 1.01. The van der Waals surface area contributed by atoms with Gasteiger partial charge in [0.25, 0.3) is 0 Å². The van der Waals surface area contributed by atoms with E-state index in [0.29, 0.717) is 17.7 Å². The molecule has 1 aliphatic heterocycles. The number of hydrogen-bond donors (Lipinski definition) is 1. The topological polar surface area (TPSA) is 80.2 Å². The molecule has 23 heavy (non-hydrogen) atoms. The van der Waals surface area contributed by atoms with Crippen molar-refractivity contribution in [1.29, 1.82) is 0 Å². The summed E-state index contributed by atoms with van der Waals surface area (Å²) in [7, 11) is 1.93. The zero-order valence-electron chi connectivity index (χ0n) is 14.1. The molecule has 0 aromatic carbocycles. The Morgan fingerprint density at radius 1 is 1.30 bits per heavy atom. The predicted octanol–water partition coefficient (Wildman–Crippen LogP) is 1.80. The maximum atomic E-state index is 9.23. The fraction of sp³-hybridized carbons (Fsp3) is 0.688. The third-order valence-corrected chi connectivity index (χ3v) is 4.62. The lowest BCUT2D eigenvalue weighted by atomic mass is 9.96. The number of nitrogens with zero attached hydrogens (tertiary/aromatic N) is 5. The number of aliphatic hydroxyl groups is 1. The molecule has 0 saturated carbocycles. The molecule has 3 rings (SSSR count). The molecule has 3 heterocycles.